The summed E-state index contributed by atoms with van der Waals surface area (Å²) in [6.07, 6.45) is -0.276. The highest BCUT2D eigenvalue weighted by Gasteiger charge is 2.34. The van der Waals surface area contributed by atoms with Crippen molar-refractivity contribution >= 4 is 26.0 Å². The van der Waals surface area contributed by atoms with Crippen LogP contribution in [0.25, 0.3) is 0 Å². The van der Waals surface area contributed by atoms with E-state index in [4.69, 9.17) is 5.11 Å². The molecule has 0 aromatic heterocycles. The zero-order valence-corrected chi connectivity index (χ0v) is 16.5. The van der Waals surface area contributed by atoms with Crippen molar-refractivity contribution in [1.82, 2.24) is 9.21 Å². The summed E-state index contributed by atoms with van der Waals surface area (Å²) in [4.78, 5) is 12.2. The second-order valence-electron chi connectivity index (χ2n) is 6.10. The van der Waals surface area contributed by atoms with Gasteiger partial charge in [0.2, 0.25) is 10.0 Å². The van der Waals surface area contributed by atoms with Gasteiger partial charge in [0.1, 0.15) is 0 Å². The van der Waals surface area contributed by atoms with Crippen LogP contribution in [0, 0.1) is 0 Å². The number of piperidine rings is 1. The van der Waals surface area contributed by atoms with E-state index in [1.807, 2.05) is 0 Å². The first-order chi connectivity index (χ1) is 12.1. The zero-order valence-electron chi connectivity index (χ0n) is 14.8. The number of rotatable bonds is 6. The zero-order chi connectivity index (χ0) is 19.5. The molecule has 1 aromatic rings. The average molecular weight is 405 g/mol. The molecule has 2 rings (SSSR count). The number of likely N-dealkylation sites (tertiary alicyclic amines) is 1. The molecule has 10 heteroatoms. The van der Waals surface area contributed by atoms with Crippen molar-refractivity contribution in [2.24, 2.45) is 0 Å². The Labute approximate surface area is 154 Å². The molecule has 1 aliphatic rings. The number of benzene rings is 1. The molecule has 0 unspecified atom stereocenters. The maximum atomic E-state index is 12.8. The minimum atomic E-state index is -3.74. The van der Waals surface area contributed by atoms with Gasteiger partial charge in [0.15, 0.2) is 9.84 Å². The largest absolute Gasteiger partial charge is 0.465 e. The first kappa shape index (κ1) is 20.7. The summed E-state index contributed by atoms with van der Waals surface area (Å²) < 4.78 is 51.8. The van der Waals surface area contributed by atoms with Gasteiger partial charge in [-0.05, 0) is 37.1 Å². The van der Waals surface area contributed by atoms with Gasteiger partial charge in [-0.15, -0.1) is 0 Å². The summed E-state index contributed by atoms with van der Waals surface area (Å²) >= 11 is 0. The fourth-order valence-corrected chi connectivity index (χ4v) is 6.28. The first-order valence-electron chi connectivity index (χ1n) is 8.46. The predicted octanol–water partition coefficient (Wildman–Crippen LogP) is 1.63. The van der Waals surface area contributed by atoms with E-state index in [0.29, 0.717) is 32.5 Å². The summed E-state index contributed by atoms with van der Waals surface area (Å²) in [6, 6.07) is 5.15. The van der Waals surface area contributed by atoms with Crippen LogP contribution in [-0.4, -0.2) is 68.7 Å². The lowest BCUT2D eigenvalue weighted by atomic mass is 10.1. The number of hydrogen-bond acceptors (Lipinski definition) is 5. The number of amides is 1. The molecule has 0 spiro atoms. The van der Waals surface area contributed by atoms with Crippen molar-refractivity contribution in [3.8, 4) is 0 Å². The predicted molar refractivity (Wildman–Crippen MR) is 96.4 cm³/mol. The molecule has 1 atom stereocenters. The number of carboxylic acid groups (broad SMARTS) is 1. The molecular formula is C16H24N2O6S2. The molecule has 1 aliphatic heterocycles. The van der Waals surface area contributed by atoms with Gasteiger partial charge in [-0.25, -0.2) is 21.6 Å². The van der Waals surface area contributed by atoms with Crippen molar-refractivity contribution in [1.29, 1.82) is 0 Å². The molecule has 1 heterocycles. The van der Waals surface area contributed by atoms with E-state index in [9.17, 15) is 21.6 Å². The normalized spacial score (nSPS) is 18.9. The first-order valence-corrected chi connectivity index (χ1v) is 11.4. The van der Waals surface area contributed by atoms with Gasteiger partial charge in [0.25, 0.3) is 0 Å². The lowest BCUT2D eigenvalue weighted by Gasteiger charge is -2.30. The summed E-state index contributed by atoms with van der Waals surface area (Å²) in [5, 5.41) is 8.26. The Morgan fingerprint density at radius 1 is 1.12 bits per heavy atom. The van der Waals surface area contributed by atoms with Gasteiger partial charge >= 0.3 is 6.09 Å². The van der Waals surface area contributed by atoms with Crippen LogP contribution in [0.1, 0.15) is 26.7 Å². The highest BCUT2D eigenvalue weighted by molar-refractivity contribution is 7.92. The van der Waals surface area contributed by atoms with E-state index in [0.717, 1.165) is 4.90 Å². The van der Waals surface area contributed by atoms with Crippen LogP contribution in [0.15, 0.2) is 34.1 Å². The molecule has 1 fully saturated rings. The van der Waals surface area contributed by atoms with Gasteiger partial charge in [-0.2, -0.15) is 4.31 Å². The molecule has 1 saturated heterocycles. The van der Waals surface area contributed by atoms with Crippen LogP contribution in [0.2, 0.25) is 0 Å². The second-order valence-corrected chi connectivity index (χ2v) is 10.3. The van der Waals surface area contributed by atoms with Crippen LogP contribution in [0.3, 0.4) is 0 Å². The van der Waals surface area contributed by atoms with E-state index < -0.39 is 31.2 Å². The van der Waals surface area contributed by atoms with E-state index >= 15 is 0 Å². The fraction of sp³-hybridized carbons (Fsp3) is 0.562. The smallest absolute Gasteiger partial charge is 0.407 e. The molecule has 8 nitrogen and oxygen atoms in total. The summed E-state index contributed by atoms with van der Waals surface area (Å²) in [6.45, 7) is 4.37. The Morgan fingerprint density at radius 3 is 2.15 bits per heavy atom. The minimum absolute atomic E-state index is 0.00763. The van der Waals surface area contributed by atoms with E-state index in [2.05, 4.69) is 0 Å². The molecule has 0 aliphatic carbocycles. The van der Waals surface area contributed by atoms with E-state index in [-0.39, 0.29) is 16.3 Å². The van der Waals surface area contributed by atoms with Crippen LogP contribution in [0.5, 0.6) is 0 Å². The highest BCUT2D eigenvalue weighted by Crippen LogP contribution is 2.25. The van der Waals surface area contributed by atoms with E-state index in [1.54, 1.807) is 13.8 Å². The molecule has 0 radical (unpaired) electrons. The molecule has 1 amide bonds. The van der Waals surface area contributed by atoms with Crippen molar-refractivity contribution < 1.29 is 26.7 Å². The van der Waals surface area contributed by atoms with Gasteiger partial charge in [-0.1, -0.05) is 13.8 Å². The third-order valence-electron chi connectivity index (χ3n) is 4.58. The van der Waals surface area contributed by atoms with Gasteiger partial charge in [0, 0.05) is 26.2 Å². The minimum Gasteiger partial charge on any atom is -0.465 e. The number of carbonyl (C=O) groups is 1. The van der Waals surface area contributed by atoms with Crippen molar-refractivity contribution in [3.63, 3.8) is 0 Å². The SMILES string of the molecule is CCN(CC)S(=O)(=O)c1ccc(S(=O)(=O)[C@@H]2CCCN(C(=O)O)C2)cc1. The van der Waals surface area contributed by atoms with Crippen LogP contribution in [0.4, 0.5) is 4.79 Å². The lowest BCUT2D eigenvalue weighted by molar-refractivity contribution is 0.136. The van der Waals surface area contributed by atoms with Crippen LogP contribution in [-0.2, 0) is 19.9 Å². The summed E-state index contributed by atoms with van der Waals surface area (Å²) in [5.41, 5.74) is 0. The Morgan fingerprint density at radius 2 is 1.65 bits per heavy atom. The molecular weight excluding hydrogens is 380 g/mol. The molecule has 1 aromatic carbocycles. The van der Waals surface area contributed by atoms with Gasteiger partial charge < -0.3 is 10.0 Å². The number of sulfone groups is 1. The highest BCUT2D eigenvalue weighted by atomic mass is 32.2. The number of nitrogens with zero attached hydrogens (tertiary/aromatic N) is 2. The summed E-state index contributed by atoms with van der Waals surface area (Å²) in [5.74, 6) is 0. The van der Waals surface area contributed by atoms with Crippen molar-refractivity contribution in [3.05, 3.63) is 24.3 Å². The Kier molecular flexibility index (Phi) is 6.30. The second kappa shape index (κ2) is 7.93. The van der Waals surface area contributed by atoms with E-state index in [1.165, 1.54) is 28.6 Å². The maximum Gasteiger partial charge on any atom is 0.407 e. The molecule has 0 saturated carbocycles. The molecule has 1 N–H and O–H groups in total. The van der Waals surface area contributed by atoms with Crippen molar-refractivity contribution in [2.75, 3.05) is 26.2 Å². The van der Waals surface area contributed by atoms with Gasteiger partial charge in [0.05, 0.1) is 15.0 Å². The molecule has 146 valence electrons. The van der Waals surface area contributed by atoms with Crippen molar-refractivity contribution in [2.45, 2.75) is 41.7 Å². The fourth-order valence-electron chi connectivity index (χ4n) is 3.07. The average Bonchev–Trinajstić information content (AvgIpc) is 2.62. The Bertz CT molecular complexity index is 845. The quantitative estimate of drug-likeness (QED) is 0.771. The number of sulfonamides is 1. The third-order valence-corrected chi connectivity index (χ3v) is 8.84. The maximum absolute atomic E-state index is 12.8. The standard InChI is InChI=1S/C16H24N2O6S2/c1-3-18(4-2)26(23,24)14-9-7-13(8-10-14)25(21,22)15-6-5-11-17(12-15)16(19)20/h7-10,15H,3-6,11-12H2,1-2H3,(H,19,20)/t15-/m1/s1. The third kappa shape index (κ3) is 4.02. The number of hydrogen-bond donors (Lipinski definition) is 1. The van der Waals surface area contributed by atoms with Crippen LogP contribution < -0.4 is 0 Å². The summed E-state index contributed by atoms with van der Waals surface area (Å²) in [7, 11) is -7.39. The van der Waals surface area contributed by atoms with Crippen LogP contribution >= 0.6 is 0 Å². The lowest BCUT2D eigenvalue weighted by Crippen LogP contribution is -2.44. The molecule has 0 bridgehead atoms. The molecule has 26 heavy (non-hydrogen) atoms. The van der Waals surface area contributed by atoms with Gasteiger partial charge in [-0.3, -0.25) is 0 Å². The topological polar surface area (TPSA) is 112 Å². The monoisotopic (exact) mass is 404 g/mol. The Balaban J connectivity index is 2.28. The Hall–Kier alpha value is -1.65.